The molecule has 1 saturated carbocycles. The van der Waals surface area contributed by atoms with E-state index in [2.05, 4.69) is 4.98 Å². The Bertz CT molecular complexity index is 816. The number of imidazole rings is 1. The predicted molar refractivity (Wildman–Crippen MR) is 105 cm³/mol. The van der Waals surface area contributed by atoms with Gasteiger partial charge in [0.2, 0.25) is 5.91 Å². The van der Waals surface area contributed by atoms with Crippen LogP contribution in [0.3, 0.4) is 0 Å². The Kier molecular flexibility index (Phi) is 4.77. The molecule has 0 radical (unpaired) electrons. The molecule has 1 aliphatic carbocycles. The third-order valence-corrected chi connectivity index (χ3v) is 6.63. The first kappa shape index (κ1) is 18.5. The summed E-state index contributed by atoms with van der Waals surface area (Å²) in [6.45, 7) is 1.11. The molecular weight excluding hydrogens is 362 g/mol. The van der Waals surface area contributed by atoms with Crippen molar-refractivity contribution in [2.45, 2.75) is 49.5 Å². The van der Waals surface area contributed by atoms with Gasteiger partial charge < -0.3 is 14.6 Å². The van der Waals surface area contributed by atoms with Crippen molar-refractivity contribution in [1.29, 1.82) is 0 Å². The van der Waals surface area contributed by atoms with Gasteiger partial charge >= 0.3 is 0 Å². The molecule has 2 fully saturated rings. The van der Waals surface area contributed by atoms with E-state index >= 15 is 0 Å². The van der Waals surface area contributed by atoms with Crippen molar-refractivity contribution < 1.29 is 9.90 Å². The van der Waals surface area contributed by atoms with E-state index in [-0.39, 0.29) is 5.91 Å². The second-order valence-corrected chi connectivity index (χ2v) is 8.42. The van der Waals surface area contributed by atoms with Gasteiger partial charge in [0.15, 0.2) is 0 Å². The number of amides is 1. The quantitative estimate of drug-likeness (QED) is 0.878. The maximum Gasteiger partial charge on any atom is 0.233 e. The molecule has 27 heavy (non-hydrogen) atoms. The topological polar surface area (TPSA) is 58.4 Å². The first-order chi connectivity index (χ1) is 12.9. The highest BCUT2D eigenvalue weighted by atomic mass is 35.5. The fourth-order valence-corrected chi connectivity index (χ4v) is 4.92. The predicted octanol–water partition coefficient (Wildman–Crippen LogP) is 3.40. The number of hydrogen-bond donors (Lipinski definition) is 1. The monoisotopic (exact) mass is 387 g/mol. The van der Waals surface area contributed by atoms with Crippen LogP contribution in [0.1, 0.15) is 49.9 Å². The van der Waals surface area contributed by atoms with Crippen LogP contribution in [0.5, 0.6) is 0 Å². The molecule has 1 aromatic carbocycles. The van der Waals surface area contributed by atoms with Gasteiger partial charge in [0.25, 0.3) is 0 Å². The molecule has 1 aliphatic heterocycles. The second-order valence-electron chi connectivity index (χ2n) is 7.98. The Morgan fingerprint density at radius 1 is 1.11 bits per heavy atom. The molecule has 1 aromatic heterocycles. The minimum absolute atomic E-state index is 0.198. The number of hydrogen-bond acceptors (Lipinski definition) is 3. The standard InChI is InChI=1S/C21H26ClN3O2/c1-24-15-12-23-18(24)21(27)10-13-25(14-11-21)19(26)20(8-2-3-9-20)16-4-6-17(22)7-5-16/h4-7,12,15,27H,2-3,8-11,13-14H2,1H3. The van der Waals surface area contributed by atoms with Crippen molar-refractivity contribution in [3.63, 3.8) is 0 Å². The summed E-state index contributed by atoms with van der Waals surface area (Å²) in [4.78, 5) is 19.8. The normalized spacial score (nSPS) is 21.4. The fraction of sp³-hybridized carbons (Fsp3) is 0.524. The molecule has 5 nitrogen and oxygen atoms in total. The largest absolute Gasteiger partial charge is 0.382 e. The van der Waals surface area contributed by atoms with E-state index in [1.165, 1.54) is 0 Å². The number of aromatic nitrogens is 2. The van der Waals surface area contributed by atoms with Gasteiger partial charge in [-0.15, -0.1) is 0 Å². The van der Waals surface area contributed by atoms with Crippen LogP contribution in [-0.2, 0) is 22.9 Å². The van der Waals surface area contributed by atoms with Gasteiger partial charge in [-0.05, 0) is 30.5 Å². The highest BCUT2D eigenvalue weighted by Gasteiger charge is 2.47. The zero-order chi connectivity index (χ0) is 19.1. The maximum absolute atomic E-state index is 13.6. The average molecular weight is 388 g/mol. The number of aliphatic hydroxyl groups is 1. The molecule has 1 saturated heterocycles. The summed E-state index contributed by atoms with van der Waals surface area (Å²) in [5, 5.41) is 11.7. The minimum atomic E-state index is -0.960. The molecular formula is C21H26ClN3O2. The van der Waals surface area contributed by atoms with Crippen LogP contribution in [-0.4, -0.2) is 38.6 Å². The second kappa shape index (κ2) is 6.95. The lowest BCUT2D eigenvalue weighted by Gasteiger charge is -2.41. The van der Waals surface area contributed by atoms with Crippen LogP contribution in [0.15, 0.2) is 36.7 Å². The van der Waals surface area contributed by atoms with E-state index in [4.69, 9.17) is 11.6 Å². The van der Waals surface area contributed by atoms with Crippen molar-refractivity contribution in [3.05, 3.63) is 53.1 Å². The van der Waals surface area contributed by atoms with E-state index in [1.807, 2.05) is 47.0 Å². The van der Waals surface area contributed by atoms with Crippen molar-refractivity contribution in [1.82, 2.24) is 14.5 Å². The Balaban J connectivity index is 1.54. The third-order valence-electron chi connectivity index (χ3n) is 6.38. The lowest BCUT2D eigenvalue weighted by Crippen LogP contribution is -2.52. The first-order valence-electron chi connectivity index (χ1n) is 9.70. The van der Waals surface area contributed by atoms with E-state index in [0.29, 0.717) is 36.8 Å². The number of carbonyl (C=O) groups is 1. The lowest BCUT2D eigenvalue weighted by molar-refractivity contribution is -0.142. The number of piperidine rings is 1. The Morgan fingerprint density at radius 2 is 1.74 bits per heavy atom. The summed E-state index contributed by atoms with van der Waals surface area (Å²) in [5.41, 5.74) is -0.333. The zero-order valence-corrected chi connectivity index (χ0v) is 16.5. The summed E-state index contributed by atoms with van der Waals surface area (Å²) in [6, 6.07) is 7.75. The van der Waals surface area contributed by atoms with Gasteiger partial charge in [-0.25, -0.2) is 4.98 Å². The molecule has 0 bridgehead atoms. The third kappa shape index (κ3) is 3.17. The summed E-state index contributed by atoms with van der Waals surface area (Å²) in [5.74, 6) is 0.882. The van der Waals surface area contributed by atoms with E-state index < -0.39 is 11.0 Å². The fourth-order valence-electron chi connectivity index (χ4n) is 4.79. The first-order valence-corrected chi connectivity index (χ1v) is 10.1. The Morgan fingerprint density at radius 3 is 2.30 bits per heavy atom. The summed E-state index contributed by atoms with van der Waals surface area (Å²) in [7, 11) is 1.89. The number of rotatable bonds is 3. The van der Waals surface area contributed by atoms with Gasteiger partial charge in [0.05, 0.1) is 5.41 Å². The van der Waals surface area contributed by atoms with Crippen molar-refractivity contribution in [2.75, 3.05) is 13.1 Å². The summed E-state index contributed by atoms with van der Waals surface area (Å²) in [6.07, 6.45) is 8.48. The SMILES string of the molecule is Cn1ccnc1C1(O)CCN(C(=O)C2(c3ccc(Cl)cc3)CCCC2)CC1. The van der Waals surface area contributed by atoms with Crippen LogP contribution in [0, 0.1) is 0 Å². The van der Waals surface area contributed by atoms with Crippen LogP contribution in [0.25, 0.3) is 0 Å². The summed E-state index contributed by atoms with van der Waals surface area (Å²) < 4.78 is 1.86. The van der Waals surface area contributed by atoms with E-state index in [9.17, 15) is 9.90 Å². The Hall–Kier alpha value is -1.85. The number of benzene rings is 1. The number of nitrogens with zero attached hydrogens (tertiary/aromatic N) is 3. The van der Waals surface area contributed by atoms with Crippen molar-refractivity contribution >= 4 is 17.5 Å². The van der Waals surface area contributed by atoms with Crippen LogP contribution in [0.2, 0.25) is 5.02 Å². The molecule has 0 atom stereocenters. The highest BCUT2D eigenvalue weighted by molar-refractivity contribution is 6.30. The molecule has 2 aliphatic rings. The number of aryl methyl sites for hydroxylation is 1. The van der Waals surface area contributed by atoms with E-state index in [0.717, 1.165) is 31.2 Å². The highest BCUT2D eigenvalue weighted by Crippen LogP contribution is 2.44. The molecule has 4 rings (SSSR count). The van der Waals surface area contributed by atoms with Crippen LogP contribution in [0.4, 0.5) is 0 Å². The molecule has 6 heteroatoms. The smallest absolute Gasteiger partial charge is 0.233 e. The molecule has 1 amide bonds. The van der Waals surface area contributed by atoms with E-state index in [1.54, 1.807) is 6.20 Å². The van der Waals surface area contributed by atoms with Gasteiger partial charge in [-0.2, -0.15) is 0 Å². The number of carbonyl (C=O) groups excluding carboxylic acids is 1. The van der Waals surface area contributed by atoms with Gasteiger partial charge in [0, 0.05) is 50.4 Å². The van der Waals surface area contributed by atoms with Crippen LogP contribution < -0.4 is 0 Å². The molecule has 0 spiro atoms. The molecule has 144 valence electrons. The maximum atomic E-state index is 13.6. The van der Waals surface area contributed by atoms with Crippen molar-refractivity contribution in [3.8, 4) is 0 Å². The van der Waals surface area contributed by atoms with Gasteiger partial charge in [0.1, 0.15) is 11.4 Å². The van der Waals surface area contributed by atoms with Crippen LogP contribution >= 0.6 is 11.6 Å². The Labute approximate surface area is 165 Å². The molecule has 1 N–H and O–H groups in total. The minimum Gasteiger partial charge on any atom is -0.382 e. The van der Waals surface area contributed by atoms with Gasteiger partial charge in [-0.3, -0.25) is 4.79 Å². The summed E-state index contributed by atoms with van der Waals surface area (Å²) >= 11 is 6.05. The lowest BCUT2D eigenvalue weighted by atomic mass is 9.76. The molecule has 2 heterocycles. The average Bonchev–Trinajstić information content (AvgIpc) is 3.32. The molecule has 0 unspecified atom stereocenters. The molecule has 2 aromatic rings. The van der Waals surface area contributed by atoms with Gasteiger partial charge in [-0.1, -0.05) is 36.6 Å². The number of halogens is 1. The van der Waals surface area contributed by atoms with Crippen molar-refractivity contribution in [2.24, 2.45) is 7.05 Å². The number of likely N-dealkylation sites (tertiary alicyclic amines) is 1. The zero-order valence-electron chi connectivity index (χ0n) is 15.7.